The molecule has 1 aromatic carbocycles. The Hall–Kier alpha value is -2.58. The van der Waals surface area contributed by atoms with Crippen LogP contribution in [0, 0.1) is 20.8 Å². The summed E-state index contributed by atoms with van der Waals surface area (Å²) in [5.41, 5.74) is 3.04. The number of aryl methyl sites for hydroxylation is 3. The van der Waals surface area contributed by atoms with Crippen LogP contribution in [-0.2, 0) is 10.0 Å². The molecule has 136 valence electrons. The molecule has 0 aliphatic heterocycles. The van der Waals surface area contributed by atoms with Gasteiger partial charge in [-0.2, -0.15) is 5.10 Å². The third-order valence-corrected chi connectivity index (χ3v) is 5.84. The first-order chi connectivity index (χ1) is 12.3. The first kappa shape index (κ1) is 18.2. The molecule has 0 aliphatic rings. The zero-order valence-corrected chi connectivity index (χ0v) is 16.0. The van der Waals surface area contributed by atoms with Gasteiger partial charge in [-0.15, -0.1) is 0 Å². The topological polar surface area (TPSA) is 99.8 Å². The van der Waals surface area contributed by atoms with Crippen molar-refractivity contribution in [3.63, 3.8) is 0 Å². The van der Waals surface area contributed by atoms with Crippen molar-refractivity contribution in [1.82, 2.24) is 15.2 Å². The Balaban J connectivity index is 1.76. The van der Waals surface area contributed by atoms with Crippen molar-refractivity contribution in [3.05, 3.63) is 58.5 Å². The smallest absolute Gasteiger partial charge is 0.265 e. The highest BCUT2D eigenvalue weighted by Gasteiger charge is 2.22. The molecule has 0 atom stereocenters. The van der Waals surface area contributed by atoms with E-state index < -0.39 is 10.0 Å². The number of pyridine rings is 1. The second-order valence-corrected chi connectivity index (χ2v) is 7.92. The Morgan fingerprint density at radius 2 is 1.81 bits per heavy atom. The number of benzene rings is 1. The lowest BCUT2D eigenvalue weighted by Crippen LogP contribution is -2.14. The minimum absolute atomic E-state index is 0.147. The standard InChI is InChI=1S/C17H18ClN5O2S/c1-10-4-5-13(8-15(10)18)20-16-7-6-14(9-19-16)23-26(24,25)17-11(2)21-22-12(17)3/h4-9,23H,1-3H3,(H,19,20)(H,21,22). The van der Waals surface area contributed by atoms with Crippen molar-refractivity contribution >= 4 is 38.8 Å². The highest BCUT2D eigenvalue weighted by molar-refractivity contribution is 7.92. The van der Waals surface area contributed by atoms with Gasteiger partial charge in [0.05, 0.1) is 23.3 Å². The Labute approximate surface area is 156 Å². The number of nitrogens with one attached hydrogen (secondary N) is 3. The zero-order valence-electron chi connectivity index (χ0n) is 14.5. The van der Waals surface area contributed by atoms with Crippen LogP contribution in [0.5, 0.6) is 0 Å². The summed E-state index contributed by atoms with van der Waals surface area (Å²) in [5.74, 6) is 0.573. The molecule has 2 aromatic heterocycles. The van der Waals surface area contributed by atoms with E-state index >= 15 is 0 Å². The average Bonchev–Trinajstić information content (AvgIpc) is 2.92. The number of anilines is 3. The summed E-state index contributed by atoms with van der Waals surface area (Å²) in [6.45, 7) is 5.22. The van der Waals surface area contributed by atoms with E-state index in [0.717, 1.165) is 11.3 Å². The van der Waals surface area contributed by atoms with E-state index in [4.69, 9.17) is 11.6 Å². The summed E-state index contributed by atoms with van der Waals surface area (Å²) >= 11 is 6.11. The van der Waals surface area contributed by atoms with Crippen molar-refractivity contribution in [2.45, 2.75) is 25.7 Å². The van der Waals surface area contributed by atoms with Crippen LogP contribution in [0.2, 0.25) is 5.02 Å². The number of H-pyrrole nitrogens is 1. The van der Waals surface area contributed by atoms with Gasteiger partial charge < -0.3 is 5.32 Å². The van der Waals surface area contributed by atoms with E-state index in [1.54, 1.807) is 32.0 Å². The highest BCUT2D eigenvalue weighted by Crippen LogP contribution is 2.24. The molecule has 0 saturated heterocycles. The molecule has 0 aliphatic carbocycles. The van der Waals surface area contributed by atoms with Gasteiger partial charge in [0.2, 0.25) is 0 Å². The number of hydrogen-bond donors (Lipinski definition) is 3. The summed E-state index contributed by atoms with van der Waals surface area (Å²) in [6, 6.07) is 8.92. The maximum Gasteiger partial charge on any atom is 0.265 e. The fraction of sp³-hybridized carbons (Fsp3) is 0.176. The van der Waals surface area contributed by atoms with Gasteiger partial charge in [-0.3, -0.25) is 9.82 Å². The molecule has 0 radical (unpaired) electrons. The van der Waals surface area contributed by atoms with Crippen molar-refractivity contribution < 1.29 is 8.42 Å². The summed E-state index contributed by atoms with van der Waals surface area (Å²) < 4.78 is 27.6. The van der Waals surface area contributed by atoms with E-state index in [-0.39, 0.29) is 4.90 Å². The SMILES string of the molecule is Cc1ccc(Nc2ccc(NS(=O)(=O)c3c(C)n[nH]c3C)cn2)cc1Cl. The van der Waals surface area contributed by atoms with Crippen LogP contribution in [0.1, 0.15) is 17.0 Å². The molecule has 3 aromatic rings. The summed E-state index contributed by atoms with van der Waals surface area (Å²) in [5, 5.41) is 10.4. The lowest BCUT2D eigenvalue weighted by molar-refractivity contribution is 0.600. The van der Waals surface area contributed by atoms with Crippen molar-refractivity contribution in [3.8, 4) is 0 Å². The molecule has 3 N–H and O–H groups in total. The Kier molecular flexibility index (Phi) is 4.88. The number of aromatic nitrogens is 3. The van der Waals surface area contributed by atoms with Crippen LogP contribution >= 0.6 is 11.6 Å². The number of hydrogen-bond acceptors (Lipinski definition) is 5. The third kappa shape index (κ3) is 3.81. The molecule has 26 heavy (non-hydrogen) atoms. The van der Waals surface area contributed by atoms with Crippen molar-refractivity contribution in [1.29, 1.82) is 0 Å². The number of nitrogens with zero attached hydrogens (tertiary/aromatic N) is 2. The van der Waals surface area contributed by atoms with Crippen LogP contribution in [-0.4, -0.2) is 23.6 Å². The maximum atomic E-state index is 12.5. The molecular formula is C17H18ClN5O2S. The zero-order chi connectivity index (χ0) is 18.9. The Bertz CT molecular complexity index is 1030. The molecule has 0 unspecified atom stereocenters. The van der Waals surface area contributed by atoms with Gasteiger partial charge >= 0.3 is 0 Å². The summed E-state index contributed by atoms with van der Waals surface area (Å²) in [6.07, 6.45) is 1.44. The summed E-state index contributed by atoms with van der Waals surface area (Å²) in [4.78, 5) is 4.38. The molecule has 0 spiro atoms. The minimum atomic E-state index is -3.74. The van der Waals surface area contributed by atoms with E-state index in [1.807, 2.05) is 19.1 Å². The largest absolute Gasteiger partial charge is 0.340 e. The first-order valence-electron chi connectivity index (χ1n) is 7.80. The molecule has 0 fully saturated rings. The van der Waals surface area contributed by atoms with Crippen LogP contribution in [0.15, 0.2) is 41.4 Å². The van der Waals surface area contributed by atoms with Gasteiger partial charge in [0.15, 0.2) is 0 Å². The van der Waals surface area contributed by atoms with Crippen LogP contribution in [0.3, 0.4) is 0 Å². The third-order valence-electron chi connectivity index (χ3n) is 3.79. The molecular weight excluding hydrogens is 374 g/mol. The lowest BCUT2D eigenvalue weighted by Gasteiger charge is -2.10. The molecule has 2 heterocycles. The monoisotopic (exact) mass is 391 g/mol. The van der Waals surface area contributed by atoms with Gasteiger partial charge in [-0.05, 0) is 50.6 Å². The van der Waals surface area contributed by atoms with Crippen molar-refractivity contribution in [2.75, 3.05) is 10.0 Å². The summed E-state index contributed by atoms with van der Waals surface area (Å²) in [7, 11) is -3.74. The fourth-order valence-corrected chi connectivity index (χ4v) is 4.09. The van der Waals surface area contributed by atoms with Crippen LogP contribution in [0.4, 0.5) is 17.2 Å². The van der Waals surface area contributed by atoms with Crippen LogP contribution < -0.4 is 10.0 Å². The van der Waals surface area contributed by atoms with Crippen LogP contribution in [0.25, 0.3) is 0 Å². The lowest BCUT2D eigenvalue weighted by atomic mass is 10.2. The number of halogens is 1. The molecule has 3 rings (SSSR count). The Morgan fingerprint density at radius 1 is 1.08 bits per heavy atom. The number of rotatable bonds is 5. The number of sulfonamides is 1. The van der Waals surface area contributed by atoms with E-state index in [9.17, 15) is 8.42 Å². The number of aromatic amines is 1. The molecule has 0 bridgehead atoms. The molecule has 7 nitrogen and oxygen atoms in total. The van der Waals surface area contributed by atoms with Gasteiger partial charge in [-0.25, -0.2) is 13.4 Å². The predicted octanol–water partition coefficient (Wildman–Crippen LogP) is 3.93. The second kappa shape index (κ2) is 6.97. The normalized spacial score (nSPS) is 11.4. The van der Waals surface area contributed by atoms with Gasteiger partial charge in [0, 0.05) is 10.7 Å². The minimum Gasteiger partial charge on any atom is -0.340 e. The maximum absolute atomic E-state index is 12.5. The second-order valence-electron chi connectivity index (χ2n) is 5.89. The van der Waals surface area contributed by atoms with Gasteiger partial charge in [0.25, 0.3) is 10.0 Å². The average molecular weight is 392 g/mol. The molecule has 9 heteroatoms. The Morgan fingerprint density at radius 3 is 2.38 bits per heavy atom. The fourth-order valence-electron chi connectivity index (χ4n) is 2.49. The molecule has 0 saturated carbocycles. The molecule has 0 amide bonds. The highest BCUT2D eigenvalue weighted by atomic mass is 35.5. The van der Waals surface area contributed by atoms with Gasteiger partial charge in [0.1, 0.15) is 10.7 Å². The van der Waals surface area contributed by atoms with E-state index in [2.05, 4.69) is 25.2 Å². The van der Waals surface area contributed by atoms with E-state index in [1.165, 1.54) is 6.20 Å². The first-order valence-corrected chi connectivity index (χ1v) is 9.66. The van der Waals surface area contributed by atoms with Gasteiger partial charge in [-0.1, -0.05) is 17.7 Å². The van der Waals surface area contributed by atoms with E-state index in [0.29, 0.717) is 27.9 Å². The quantitative estimate of drug-likeness (QED) is 0.611. The predicted molar refractivity (Wildman–Crippen MR) is 103 cm³/mol. The van der Waals surface area contributed by atoms with Crippen molar-refractivity contribution in [2.24, 2.45) is 0 Å².